The molecule has 0 aromatic heterocycles. The van der Waals surface area contributed by atoms with Gasteiger partial charge < -0.3 is 9.47 Å². The maximum absolute atomic E-state index is 12.6. The third-order valence-electron chi connectivity index (χ3n) is 3.65. The van der Waals surface area contributed by atoms with Gasteiger partial charge in [0.05, 0.1) is 13.2 Å². The number of hydrogen-bond donors (Lipinski definition) is 0. The van der Waals surface area contributed by atoms with Gasteiger partial charge in [-0.1, -0.05) is 30.3 Å². The summed E-state index contributed by atoms with van der Waals surface area (Å²) in [5, 5.41) is 0. The first-order valence-corrected chi connectivity index (χ1v) is 7.47. The highest BCUT2D eigenvalue weighted by atomic mass is 16.6. The van der Waals surface area contributed by atoms with Gasteiger partial charge in [0.1, 0.15) is 11.6 Å². The molecule has 0 N–H and O–H groups in total. The molecular weight excluding hydrogens is 282 g/mol. The molecule has 1 aliphatic heterocycles. The molecule has 1 heterocycles. The molecule has 0 saturated carbocycles. The topological polar surface area (TPSA) is 55.8 Å². The van der Waals surface area contributed by atoms with Crippen molar-refractivity contribution in [2.24, 2.45) is 0 Å². The number of rotatable bonds is 2. The Labute approximate surface area is 131 Å². The largest absolute Gasteiger partial charge is 0.467 e. The van der Waals surface area contributed by atoms with Crippen LogP contribution in [-0.4, -0.2) is 35.7 Å². The van der Waals surface area contributed by atoms with Crippen molar-refractivity contribution in [3.63, 3.8) is 0 Å². The summed E-state index contributed by atoms with van der Waals surface area (Å²) >= 11 is 0. The first-order valence-electron chi connectivity index (χ1n) is 7.47. The minimum absolute atomic E-state index is 0.167. The fourth-order valence-electron chi connectivity index (χ4n) is 2.75. The Morgan fingerprint density at radius 1 is 1.14 bits per heavy atom. The second-order valence-electron chi connectivity index (χ2n) is 6.43. The maximum atomic E-state index is 12.6. The van der Waals surface area contributed by atoms with Gasteiger partial charge in [0.25, 0.3) is 0 Å². The number of likely N-dealkylation sites (tertiary alicyclic amines) is 1. The van der Waals surface area contributed by atoms with Crippen LogP contribution in [0.15, 0.2) is 30.3 Å². The molecule has 1 unspecified atom stereocenters. The number of ether oxygens (including phenoxy) is 2. The fraction of sp³-hybridized carbons (Fsp3) is 0.529. The lowest BCUT2D eigenvalue weighted by molar-refractivity contribution is -0.146. The highest BCUT2D eigenvalue weighted by molar-refractivity contribution is 5.82. The standard InChI is InChI=1S/C17H23NO4/c1-17(2,3)22-16(20)18-13(12-8-6-5-7-9-12)10-11-14(18)15(19)21-4/h5-9,13-14H,10-11H2,1-4H3/t13?,14-/m0/s1. The van der Waals surface area contributed by atoms with E-state index in [2.05, 4.69) is 0 Å². The predicted octanol–water partition coefficient (Wildman–Crippen LogP) is 3.30. The van der Waals surface area contributed by atoms with E-state index in [1.807, 2.05) is 51.1 Å². The van der Waals surface area contributed by atoms with Gasteiger partial charge in [0.2, 0.25) is 0 Å². The average Bonchev–Trinajstić information content (AvgIpc) is 2.90. The Morgan fingerprint density at radius 3 is 2.32 bits per heavy atom. The lowest BCUT2D eigenvalue weighted by atomic mass is 10.1. The number of benzene rings is 1. The van der Waals surface area contributed by atoms with Gasteiger partial charge in [-0.25, -0.2) is 9.59 Å². The van der Waals surface area contributed by atoms with Crippen molar-refractivity contribution in [1.82, 2.24) is 4.90 Å². The fourth-order valence-corrected chi connectivity index (χ4v) is 2.75. The van der Waals surface area contributed by atoms with Crippen LogP contribution in [0, 0.1) is 0 Å². The molecule has 120 valence electrons. The molecule has 0 aliphatic carbocycles. The van der Waals surface area contributed by atoms with Crippen molar-refractivity contribution < 1.29 is 19.1 Å². The number of carbonyl (C=O) groups excluding carboxylic acids is 2. The molecule has 1 aromatic carbocycles. The van der Waals surface area contributed by atoms with E-state index >= 15 is 0 Å². The third kappa shape index (κ3) is 3.59. The summed E-state index contributed by atoms with van der Waals surface area (Å²) < 4.78 is 10.3. The minimum atomic E-state index is -0.610. The molecule has 2 rings (SSSR count). The Balaban J connectivity index is 2.30. The molecular formula is C17H23NO4. The van der Waals surface area contributed by atoms with Crippen LogP contribution in [0.1, 0.15) is 45.2 Å². The minimum Gasteiger partial charge on any atom is -0.467 e. The second-order valence-corrected chi connectivity index (χ2v) is 6.43. The SMILES string of the molecule is COC(=O)[C@@H]1CCC(c2ccccc2)N1C(=O)OC(C)(C)C. The second kappa shape index (κ2) is 6.38. The summed E-state index contributed by atoms with van der Waals surface area (Å²) in [6, 6.07) is 8.93. The molecule has 1 aromatic rings. The summed E-state index contributed by atoms with van der Waals surface area (Å²) in [5.41, 5.74) is 0.390. The summed E-state index contributed by atoms with van der Waals surface area (Å²) in [5.74, 6) is -0.399. The van der Waals surface area contributed by atoms with Gasteiger partial charge in [0, 0.05) is 0 Å². The maximum Gasteiger partial charge on any atom is 0.411 e. The van der Waals surface area contributed by atoms with Gasteiger partial charge in [-0.2, -0.15) is 0 Å². The van der Waals surface area contributed by atoms with E-state index in [0.717, 1.165) is 5.56 Å². The van der Waals surface area contributed by atoms with E-state index in [1.165, 1.54) is 12.0 Å². The molecule has 1 aliphatic rings. The van der Waals surface area contributed by atoms with E-state index in [9.17, 15) is 9.59 Å². The number of amides is 1. The molecule has 1 amide bonds. The smallest absolute Gasteiger partial charge is 0.411 e. The molecule has 22 heavy (non-hydrogen) atoms. The van der Waals surface area contributed by atoms with Crippen LogP contribution in [0.3, 0.4) is 0 Å². The first-order chi connectivity index (χ1) is 10.3. The van der Waals surface area contributed by atoms with Gasteiger partial charge >= 0.3 is 12.1 Å². The summed E-state index contributed by atoms with van der Waals surface area (Å²) in [6.45, 7) is 5.43. The van der Waals surface area contributed by atoms with Crippen LogP contribution in [-0.2, 0) is 14.3 Å². The zero-order valence-electron chi connectivity index (χ0n) is 13.5. The quantitative estimate of drug-likeness (QED) is 0.787. The molecule has 0 bridgehead atoms. The van der Waals surface area contributed by atoms with Crippen LogP contribution in [0.2, 0.25) is 0 Å². The van der Waals surface area contributed by atoms with E-state index in [-0.39, 0.29) is 6.04 Å². The molecule has 1 saturated heterocycles. The van der Waals surface area contributed by atoms with Crippen molar-refractivity contribution >= 4 is 12.1 Å². The highest BCUT2D eigenvalue weighted by Crippen LogP contribution is 2.37. The number of hydrogen-bond acceptors (Lipinski definition) is 4. The zero-order chi connectivity index (χ0) is 16.3. The Kier molecular flexibility index (Phi) is 4.74. The Bertz CT molecular complexity index is 535. The van der Waals surface area contributed by atoms with Crippen LogP contribution in [0.25, 0.3) is 0 Å². The number of carbonyl (C=O) groups is 2. The number of nitrogens with zero attached hydrogens (tertiary/aromatic N) is 1. The zero-order valence-corrected chi connectivity index (χ0v) is 13.5. The Morgan fingerprint density at radius 2 is 1.77 bits per heavy atom. The highest BCUT2D eigenvalue weighted by Gasteiger charge is 2.44. The predicted molar refractivity (Wildman–Crippen MR) is 82.3 cm³/mol. The summed E-state index contributed by atoms with van der Waals surface area (Å²) in [7, 11) is 1.34. The van der Waals surface area contributed by atoms with Crippen LogP contribution >= 0.6 is 0 Å². The van der Waals surface area contributed by atoms with Crippen LogP contribution < -0.4 is 0 Å². The lowest BCUT2D eigenvalue weighted by Crippen LogP contribution is -2.44. The van der Waals surface area contributed by atoms with Crippen molar-refractivity contribution in [3.05, 3.63) is 35.9 Å². The van der Waals surface area contributed by atoms with E-state index in [0.29, 0.717) is 12.8 Å². The van der Waals surface area contributed by atoms with Crippen molar-refractivity contribution in [2.75, 3.05) is 7.11 Å². The van der Waals surface area contributed by atoms with Gasteiger partial charge in [-0.3, -0.25) is 4.90 Å². The van der Waals surface area contributed by atoms with Gasteiger partial charge in [-0.05, 0) is 39.2 Å². The van der Waals surface area contributed by atoms with Crippen LogP contribution in [0.5, 0.6) is 0 Å². The number of esters is 1. The summed E-state index contributed by atoms with van der Waals surface area (Å²) in [4.78, 5) is 26.1. The molecule has 2 atom stereocenters. The number of methoxy groups -OCH3 is 1. The monoisotopic (exact) mass is 305 g/mol. The molecule has 5 heteroatoms. The van der Waals surface area contributed by atoms with Crippen molar-refractivity contribution in [2.45, 2.75) is 51.3 Å². The first kappa shape index (κ1) is 16.3. The molecule has 0 spiro atoms. The van der Waals surface area contributed by atoms with Gasteiger partial charge in [-0.15, -0.1) is 0 Å². The van der Waals surface area contributed by atoms with E-state index in [1.54, 1.807) is 0 Å². The summed E-state index contributed by atoms with van der Waals surface area (Å²) in [6.07, 6.45) is 0.809. The molecule has 1 fully saturated rings. The van der Waals surface area contributed by atoms with Crippen molar-refractivity contribution in [3.8, 4) is 0 Å². The van der Waals surface area contributed by atoms with E-state index in [4.69, 9.17) is 9.47 Å². The molecule has 0 radical (unpaired) electrons. The average molecular weight is 305 g/mol. The molecule has 5 nitrogen and oxygen atoms in total. The Hall–Kier alpha value is -2.04. The lowest BCUT2D eigenvalue weighted by Gasteiger charge is -2.31. The van der Waals surface area contributed by atoms with Crippen molar-refractivity contribution in [1.29, 1.82) is 0 Å². The van der Waals surface area contributed by atoms with E-state index < -0.39 is 23.7 Å². The van der Waals surface area contributed by atoms with Gasteiger partial charge in [0.15, 0.2) is 0 Å². The normalized spacial score (nSPS) is 21.5. The third-order valence-corrected chi connectivity index (χ3v) is 3.65. The van der Waals surface area contributed by atoms with Crippen LogP contribution in [0.4, 0.5) is 4.79 Å².